The van der Waals surface area contributed by atoms with E-state index in [9.17, 15) is 4.79 Å². The Morgan fingerprint density at radius 2 is 1.96 bits per heavy atom. The number of amides is 1. The molecule has 0 saturated heterocycles. The fraction of sp³-hybridized carbons (Fsp3) is 0.188. The molecule has 3 aromatic rings. The maximum atomic E-state index is 12.5. The summed E-state index contributed by atoms with van der Waals surface area (Å²) in [7, 11) is 0. The summed E-state index contributed by atoms with van der Waals surface area (Å²) in [5.41, 5.74) is -1.14. The zero-order valence-electron chi connectivity index (χ0n) is 13.2. The zero-order chi connectivity index (χ0) is 18.0. The van der Waals surface area contributed by atoms with Gasteiger partial charge in [-0.1, -0.05) is 16.7 Å². The average Bonchev–Trinajstić information content (AvgIpc) is 3.18. The molecule has 0 aliphatic carbocycles. The number of hydrogen-bond acceptors (Lipinski definition) is 6. The summed E-state index contributed by atoms with van der Waals surface area (Å²) in [6, 6.07) is 10.5. The van der Waals surface area contributed by atoms with Gasteiger partial charge < -0.3 is 9.15 Å². The number of rotatable bonds is 5. The van der Waals surface area contributed by atoms with E-state index in [4.69, 9.17) is 20.8 Å². The Hall–Kier alpha value is -1.90. The number of carbonyl (C=O) groups is 1. The molecule has 0 aliphatic heterocycles. The number of carbonyl (C=O) groups excluding carboxylic acids is 1. The van der Waals surface area contributed by atoms with Crippen LogP contribution in [-0.2, 0) is 4.79 Å². The Morgan fingerprint density at radius 3 is 2.60 bits per heavy atom. The number of thiophene rings is 1. The molecule has 0 aliphatic rings. The second kappa shape index (κ2) is 7.15. The van der Waals surface area contributed by atoms with Gasteiger partial charge in [-0.3, -0.25) is 10.1 Å². The van der Waals surface area contributed by atoms with E-state index in [2.05, 4.69) is 31.4 Å². The van der Waals surface area contributed by atoms with Gasteiger partial charge in [-0.15, -0.1) is 16.4 Å². The Balaban J connectivity index is 1.68. The number of ether oxygens (including phenoxy) is 1. The van der Waals surface area contributed by atoms with Gasteiger partial charge in [0.1, 0.15) is 5.75 Å². The Bertz CT molecular complexity index is 892. The van der Waals surface area contributed by atoms with Crippen LogP contribution in [0.1, 0.15) is 13.8 Å². The molecule has 3 rings (SSSR count). The fourth-order valence-corrected chi connectivity index (χ4v) is 3.33. The number of anilines is 1. The Morgan fingerprint density at radius 1 is 1.24 bits per heavy atom. The first kappa shape index (κ1) is 17.9. The van der Waals surface area contributed by atoms with Gasteiger partial charge in [0.2, 0.25) is 0 Å². The van der Waals surface area contributed by atoms with Crippen LogP contribution in [0.4, 0.5) is 6.01 Å². The van der Waals surface area contributed by atoms with Crippen molar-refractivity contribution in [2.75, 3.05) is 5.32 Å². The maximum absolute atomic E-state index is 12.5. The molecule has 130 valence electrons. The third kappa shape index (κ3) is 4.39. The van der Waals surface area contributed by atoms with E-state index in [0.29, 0.717) is 16.7 Å². The van der Waals surface area contributed by atoms with Crippen LogP contribution in [0.25, 0.3) is 10.8 Å². The standard InChI is InChI=1S/C16H13BrClN3O3S/c1-16(2,24-10-5-3-9(18)4-6-10)14(22)19-15-21-20-13(23-15)11-7-8-12(17)25-11/h3-8H,1-2H3,(H,19,21,22). The lowest BCUT2D eigenvalue weighted by atomic mass is 10.1. The molecule has 0 saturated carbocycles. The van der Waals surface area contributed by atoms with Crippen molar-refractivity contribution < 1.29 is 13.9 Å². The topological polar surface area (TPSA) is 77.2 Å². The summed E-state index contributed by atoms with van der Waals surface area (Å²) in [5.74, 6) is 0.451. The highest BCUT2D eigenvalue weighted by Crippen LogP contribution is 2.31. The number of aromatic nitrogens is 2. The van der Waals surface area contributed by atoms with Gasteiger partial charge in [-0.05, 0) is 66.2 Å². The number of halogens is 2. The Labute approximate surface area is 161 Å². The molecule has 6 nitrogen and oxygen atoms in total. The highest BCUT2D eigenvalue weighted by atomic mass is 79.9. The molecule has 2 heterocycles. The molecule has 1 amide bonds. The molecule has 25 heavy (non-hydrogen) atoms. The molecule has 1 aromatic carbocycles. The van der Waals surface area contributed by atoms with Crippen LogP contribution in [0.15, 0.2) is 44.6 Å². The first-order valence-corrected chi connectivity index (χ1v) is 9.17. The van der Waals surface area contributed by atoms with Crippen LogP contribution in [0, 0.1) is 0 Å². The third-order valence-corrected chi connectivity index (χ3v) is 5.03. The van der Waals surface area contributed by atoms with Crippen LogP contribution < -0.4 is 10.1 Å². The highest BCUT2D eigenvalue weighted by molar-refractivity contribution is 9.11. The van der Waals surface area contributed by atoms with Crippen molar-refractivity contribution >= 4 is 50.8 Å². The van der Waals surface area contributed by atoms with Crippen molar-refractivity contribution in [2.45, 2.75) is 19.4 Å². The number of benzene rings is 1. The van der Waals surface area contributed by atoms with E-state index < -0.39 is 11.5 Å². The van der Waals surface area contributed by atoms with E-state index in [1.54, 1.807) is 38.1 Å². The SMILES string of the molecule is CC(C)(Oc1ccc(Cl)cc1)C(=O)Nc1nnc(-c2ccc(Br)s2)o1. The molecule has 0 spiro atoms. The Kier molecular flexibility index (Phi) is 5.12. The number of hydrogen-bond donors (Lipinski definition) is 1. The van der Waals surface area contributed by atoms with E-state index >= 15 is 0 Å². The molecule has 0 bridgehead atoms. The molecule has 0 unspecified atom stereocenters. The lowest BCUT2D eigenvalue weighted by molar-refractivity contribution is -0.128. The van der Waals surface area contributed by atoms with Crippen LogP contribution in [0.5, 0.6) is 5.75 Å². The molecule has 9 heteroatoms. The van der Waals surface area contributed by atoms with E-state index in [0.717, 1.165) is 8.66 Å². The molecule has 0 radical (unpaired) electrons. The normalized spacial score (nSPS) is 11.4. The quantitative estimate of drug-likeness (QED) is 0.601. The van der Waals surface area contributed by atoms with Gasteiger partial charge in [0.25, 0.3) is 11.8 Å². The minimum atomic E-state index is -1.14. The second-order valence-electron chi connectivity index (χ2n) is 5.54. The van der Waals surface area contributed by atoms with Gasteiger partial charge in [0.05, 0.1) is 8.66 Å². The highest BCUT2D eigenvalue weighted by Gasteiger charge is 2.31. The van der Waals surface area contributed by atoms with Crippen LogP contribution >= 0.6 is 38.9 Å². The average molecular weight is 443 g/mol. The summed E-state index contributed by atoms with van der Waals surface area (Å²) < 4.78 is 12.1. The van der Waals surface area contributed by atoms with Crippen molar-refractivity contribution in [3.05, 3.63) is 45.2 Å². The largest absolute Gasteiger partial charge is 0.478 e. The predicted molar refractivity (Wildman–Crippen MR) is 100 cm³/mol. The van der Waals surface area contributed by atoms with Crippen molar-refractivity contribution in [2.24, 2.45) is 0 Å². The van der Waals surface area contributed by atoms with E-state index in [1.807, 2.05) is 12.1 Å². The van der Waals surface area contributed by atoms with Gasteiger partial charge >= 0.3 is 6.01 Å². The van der Waals surface area contributed by atoms with Crippen molar-refractivity contribution in [1.29, 1.82) is 0 Å². The number of nitrogens with zero attached hydrogens (tertiary/aromatic N) is 2. The minimum Gasteiger partial charge on any atom is -0.478 e. The molecular weight excluding hydrogens is 430 g/mol. The predicted octanol–water partition coefficient (Wildman–Crippen LogP) is 5.01. The first-order valence-electron chi connectivity index (χ1n) is 7.19. The summed E-state index contributed by atoms with van der Waals surface area (Å²) in [5, 5.41) is 10.9. The van der Waals surface area contributed by atoms with Gasteiger partial charge in [-0.25, -0.2) is 0 Å². The van der Waals surface area contributed by atoms with Gasteiger partial charge in [0.15, 0.2) is 5.60 Å². The summed E-state index contributed by atoms with van der Waals surface area (Å²) in [6.45, 7) is 3.29. The van der Waals surface area contributed by atoms with Crippen molar-refractivity contribution in [3.63, 3.8) is 0 Å². The molecule has 0 atom stereocenters. The lowest BCUT2D eigenvalue weighted by Crippen LogP contribution is -2.42. The first-order chi connectivity index (χ1) is 11.8. The van der Waals surface area contributed by atoms with Gasteiger partial charge in [0, 0.05) is 5.02 Å². The summed E-state index contributed by atoms with van der Waals surface area (Å²) in [4.78, 5) is 13.3. The number of nitrogens with one attached hydrogen (secondary N) is 1. The third-order valence-electron chi connectivity index (χ3n) is 3.16. The van der Waals surface area contributed by atoms with Crippen LogP contribution in [0.2, 0.25) is 5.02 Å². The zero-order valence-corrected chi connectivity index (χ0v) is 16.4. The van der Waals surface area contributed by atoms with Crippen LogP contribution in [0.3, 0.4) is 0 Å². The van der Waals surface area contributed by atoms with Crippen molar-refractivity contribution in [3.8, 4) is 16.5 Å². The molecular formula is C16H13BrClN3O3S. The molecule has 0 fully saturated rings. The van der Waals surface area contributed by atoms with E-state index in [-0.39, 0.29) is 6.01 Å². The summed E-state index contributed by atoms with van der Waals surface area (Å²) >= 11 is 10.7. The second-order valence-corrected chi connectivity index (χ2v) is 8.44. The van der Waals surface area contributed by atoms with Gasteiger partial charge in [-0.2, -0.15) is 0 Å². The molecule has 1 N–H and O–H groups in total. The van der Waals surface area contributed by atoms with Crippen LogP contribution in [-0.4, -0.2) is 21.7 Å². The monoisotopic (exact) mass is 441 g/mol. The van der Waals surface area contributed by atoms with E-state index in [1.165, 1.54) is 11.3 Å². The minimum absolute atomic E-state index is 0.0114. The maximum Gasteiger partial charge on any atom is 0.322 e. The van der Waals surface area contributed by atoms with Crippen molar-refractivity contribution in [1.82, 2.24) is 10.2 Å². The molecule has 2 aromatic heterocycles. The lowest BCUT2D eigenvalue weighted by Gasteiger charge is -2.24. The smallest absolute Gasteiger partial charge is 0.322 e. The summed E-state index contributed by atoms with van der Waals surface area (Å²) in [6.07, 6.45) is 0. The fourth-order valence-electron chi connectivity index (χ4n) is 1.89.